The average molecular weight is 156 g/mol. The van der Waals surface area contributed by atoms with Gasteiger partial charge in [-0.15, -0.1) is 0 Å². The zero-order valence-corrected chi connectivity index (χ0v) is 7.97. The Morgan fingerprint density at radius 1 is 1.36 bits per heavy atom. The van der Waals surface area contributed by atoms with Gasteiger partial charge in [-0.2, -0.15) is 0 Å². The van der Waals surface area contributed by atoms with E-state index in [0.29, 0.717) is 12.2 Å². The maximum Gasteiger partial charge on any atom is 0.0606 e. The molecule has 1 heteroatoms. The predicted molar refractivity (Wildman–Crippen MR) is 47.6 cm³/mol. The second-order valence-electron chi connectivity index (χ2n) is 3.82. The normalized spacial score (nSPS) is 31.6. The summed E-state index contributed by atoms with van der Waals surface area (Å²) in [6, 6.07) is 0. The molecule has 0 aromatic heterocycles. The fraction of sp³-hybridized carbons (Fsp3) is 1.00. The quantitative estimate of drug-likeness (QED) is 0.610. The molecule has 1 saturated carbocycles. The van der Waals surface area contributed by atoms with E-state index >= 15 is 0 Å². The van der Waals surface area contributed by atoms with E-state index in [4.69, 9.17) is 4.74 Å². The van der Waals surface area contributed by atoms with Crippen molar-refractivity contribution < 1.29 is 4.74 Å². The molecule has 0 radical (unpaired) electrons. The lowest BCUT2D eigenvalue weighted by atomic mass is 10.0. The largest absolute Gasteiger partial charge is 0.375 e. The van der Waals surface area contributed by atoms with E-state index in [1.165, 1.54) is 25.7 Å². The summed E-state index contributed by atoms with van der Waals surface area (Å²) in [4.78, 5) is 0. The maximum absolute atomic E-state index is 5.81. The summed E-state index contributed by atoms with van der Waals surface area (Å²) in [7, 11) is 0. The van der Waals surface area contributed by atoms with E-state index in [9.17, 15) is 0 Å². The minimum absolute atomic E-state index is 0.409. The molecule has 0 spiro atoms. The van der Waals surface area contributed by atoms with E-state index in [0.717, 1.165) is 5.92 Å². The van der Waals surface area contributed by atoms with E-state index < -0.39 is 0 Å². The van der Waals surface area contributed by atoms with Crippen LogP contribution in [0.25, 0.3) is 0 Å². The van der Waals surface area contributed by atoms with Crippen LogP contribution < -0.4 is 0 Å². The highest BCUT2D eigenvalue weighted by Crippen LogP contribution is 2.31. The second-order valence-corrected chi connectivity index (χ2v) is 3.82. The van der Waals surface area contributed by atoms with E-state index in [1.54, 1.807) is 0 Å². The van der Waals surface area contributed by atoms with Gasteiger partial charge in [-0.3, -0.25) is 0 Å². The van der Waals surface area contributed by atoms with Crippen LogP contribution >= 0.6 is 0 Å². The van der Waals surface area contributed by atoms with Gasteiger partial charge in [0.15, 0.2) is 0 Å². The van der Waals surface area contributed by atoms with Gasteiger partial charge in [0.25, 0.3) is 0 Å². The molecule has 2 unspecified atom stereocenters. The van der Waals surface area contributed by atoms with Crippen LogP contribution in [0.2, 0.25) is 0 Å². The molecule has 1 fully saturated rings. The molecule has 1 rings (SSSR count). The lowest BCUT2D eigenvalue weighted by molar-refractivity contribution is -0.0138. The standard InChI is InChI=1S/C10H20O/c1-4-9-6-5-7-10(9)11-8(2)3/h8-10H,4-7H2,1-3H3. The first-order valence-electron chi connectivity index (χ1n) is 4.89. The van der Waals surface area contributed by atoms with Crippen LogP contribution in [0.1, 0.15) is 46.5 Å². The monoisotopic (exact) mass is 156 g/mol. The third kappa shape index (κ3) is 2.48. The van der Waals surface area contributed by atoms with Gasteiger partial charge in [0.05, 0.1) is 12.2 Å². The van der Waals surface area contributed by atoms with Crippen LogP contribution in [-0.4, -0.2) is 12.2 Å². The molecule has 0 saturated heterocycles. The van der Waals surface area contributed by atoms with Gasteiger partial charge in [-0.25, -0.2) is 0 Å². The van der Waals surface area contributed by atoms with Crippen LogP contribution in [0.4, 0.5) is 0 Å². The molecular formula is C10H20O. The smallest absolute Gasteiger partial charge is 0.0606 e. The van der Waals surface area contributed by atoms with Crippen molar-refractivity contribution in [2.24, 2.45) is 5.92 Å². The first-order chi connectivity index (χ1) is 5.24. The Hall–Kier alpha value is -0.0400. The fourth-order valence-corrected chi connectivity index (χ4v) is 2.00. The van der Waals surface area contributed by atoms with Crippen molar-refractivity contribution in [2.75, 3.05) is 0 Å². The Bertz CT molecular complexity index is 109. The summed E-state index contributed by atoms with van der Waals surface area (Å²) in [5, 5.41) is 0. The minimum atomic E-state index is 0.409. The van der Waals surface area contributed by atoms with Crippen molar-refractivity contribution in [3.8, 4) is 0 Å². The van der Waals surface area contributed by atoms with Crippen molar-refractivity contribution >= 4 is 0 Å². The third-order valence-electron chi connectivity index (χ3n) is 2.56. The van der Waals surface area contributed by atoms with Crippen molar-refractivity contribution in [3.05, 3.63) is 0 Å². The number of hydrogen-bond donors (Lipinski definition) is 0. The topological polar surface area (TPSA) is 9.23 Å². The summed E-state index contributed by atoms with van der Waals surface area (Å²) in [5.74, 6) is 0.845. The Morgan fingerprint density at radius 2 is 2.09 bits per heavy atom. The first-order valence-corrected chi connectivity index (χ1v) is 4.89. The molecular weight excluding hydrogens is 136 g/mol. The van der Waals surface area contributed by atoms with Crippen LogP contribution in [0, 0.1) is 5.92 Å². The minimum Gasteiger partial charge on any atom is -0.375 e. The highest BCUT2D eigenvalue weighted by atomic mass is 16.5. The van der Waals surface area contributed by atoms with E-state index in [2.05, 4.69) is 20.8 Å². The lowest BCUT2D eigenvalue weighted by Gasteiger charge is -2.20. The number of rotatable bonds is 3. The average Bonchev–Trinajstić information content (AvgIpc) is 2.34. The van der Waals surface area contributed by atoms with Gasteiger partial charge in [0, 0.05) is 0 Å². The van der Waals surface area contributed by atoms with Gasteiger partial charge >= 0.3 is 0 Å². The molecule has 2 atom stereocenters. The highest BCUT2D eigenvalue weighted by Gasteiger charge is 2.26. The van der Waals surface area contributed by atoms with Crippen LogP contribution in [0.5, 0.6) is 0 Å². The van der Waals surface area contributed by atoms with Gasteiger partial charge in [0.1, 0.15) is 0 Å². The lowest BCUT2D eigenvalue weighted by Crippen LogP contribution is -2.21. The molecule has 0 bridgehead atoms. The molecule has 1 nitrogen and oxygen atoms in total. The Morgan fingerprint density at radius 3 is 2.64 bits per heavy atom. The van der Waals surface area contributed by atoms with Crippen LogP contribution in [0.3, 0.4) is 0 Å². The van der Waals surface area contributed by atoms with Gasteiger partial charge < -0.3 is 4.74 Å². The predicted octanol–water partition coefficient (Wildman–Crippen LogP) is 2.99. The molecule has 0 aliphatic heterocycles. The van der Waals surface area contributed by atoms with Crippen LogP contribution in [-0.2, 0) is 4.74 Å². The molecule has 0 aromatic carbocycles. The van der Waals surface area contributed by atoms with Crippen molar-refractivity contribution in [3.63, 3.8) is 0 Å². The maximum atomic E-state index is 5.81. The summed E-state index contributed by atoms with van der Waals surface area (Å²) >= 11 is 0. The van der Waals surface area contributed by atoms with Crippen molar-refractivity contribution in [2.45, 2.75) is 58.7 Å². The molecule has 0 N–H and O–H groups in total. The summed E-state index contributed by atoms with van der Waals surface area (Å²) in [6.45, 7) is 6.53. The Kier molecular flexibility index (Phi) is 3.38. The zero-order valence-electron chi connectivity index (χ0n) is 7.97. The highest BCUT2D eigenvalue weighted by molar-refractivity contribution is 4.77. The zero-order chi connectivity index (χ0) is 8.27. The summed E-state index contributed by atoms with van der Waals surface area (Å²) in [6.07, 6.45) is 6.31. The first kappa shape index (κ1) is 9.05. The molecule has 0 heterocycles. The molecule has 0 amide bonds. The van der Waals surface area contributed by atoms with Gasteiger partial charge in [-0.1, -0.05) is 19.8 Å². The van der Waals surface area contributed by atoms with Gasteiger partial charge in [-0.05, 0) is 32.6 Å². The molecule has 1 aliphatic carbocycles. The van der Waals surface area contributed by atoms with E-state index in [1.807, 2.05) is 0 Å². The van der Waals surface area contributed by atoms with Crippen LogP contribution in [0.15, 0.2) is 0 Å². The number of hydrogen-bond acceptors (Lipinski definition) is 1. The number of ether oxygens (including phenoxy) is 1. The molecule has 0 aromatic rings. The summed E-state index contributed by atoms with van der Waals surface area (Å²) < 4.78 is 5.81. The Labute approximate surface area is 70.1 Å². The Balaban J connectivity index is 2.31. The third-order valence-corrected chi connectivity index (χ3v) is 2.56. The second kappa shape index (κ2) is 4.10. The summed E-state index contributed by atoms with van der Waals surface area (Å²) in [5.41, 5.74) is 0. The fourth-order valence-electron chi connectivity index (χ4n) is 2.00. The van der Waals surface area contributed by atoms with E-state index in [-0.39, 0.29) is 0 Å². The molecule has 1 aliphatic rings. The van der Waals surface area contributed by atoms with Crippen molar-refractivity contribution in [1.82, 2.24) is 0 Å². The SMILES string of the molecule is CCC1CCCC1OC(C)C. The molecule has 11 heavy (non-hydrogen) atoms. The van der Waals surface area contributed by atoms with Crippen molar-refractivity contribution in [1.29, 1.82) is 0 Å². The molecule has 66 valence electrons. The van der Waals surface area contributed by atoms with Gasteiger partial charge in [0.2, 0.25) is 0 Å².